The zero-order valence-electron chi connectivity index (χ0n) is 14.4. The van der Waals surface area contributed by atoms with Crippen molar-refractivity contribution in [3.63, 3.8) is 0 Å². The highest BCUT2D eigenvalue weighted by molar-refractivity contribution is 5.78. The van der Waals surface area contributed by atoms with E-state index in [9.17, 15) is 9.18 Å². The van der Waals surface area contributed by atoms with Crippen molar-refractivity contribution in [1.29, 1.82) is 0 Å². The Balaban J connectivity index is 1.38. The maximum Gasteiger partial charge on any atom is 0.260 e. The summed E-state index contributed by atoms with van der Waals surface area (Å²) in [6.07, 6.45) is 4.74. The number of ether oxygens (including phenoxy) is 1. The number of halogens is 1. The summed E-state index contributed by atoms with van der Waals surface area (Å²) >= 11 is 0. The highest BCUT2D eigenvalue weighted by Gasteiger charge is 2.25. The second-order valence-electron chi connectivity index (χ2n) is 6.63. The number of nitrogens with one attached hydrogen (secondary N) is 1. The second-order valence-corrected chi connectivity index (χ2v) is 6.63. The van der Waals surface area contributed by atoms with E-state index in [0.717, 1.165) is 36.5 Å². The van der Waals surface area contributed by atoms with E-state index in [-0.39, 0.29) is 24.3 Å². The Morgan fingerprint density at radius 1 is 1.38 bits per heavy atom. The lowest BCUT2D eigenvalue weighted by atomic mass is 10.1. The highest BCUT2D eigenvalue weighted by atomic mass is 19.1. The average Bonchev–Trinajstić information content (AvgIpc) is 3.21. The Morgan fingerprint density at radius 3 is 3.08 bits per heavy atom. The van der Waals surface area contributed by atoms with Crippen LogP contribution in [0.4, 0.5) is 4.39 Å². The van der Waals surface area contributed by atoms with Crippen LogP contribution in [0.15, 0.2) is 30.5 Å². The molecule has 2 aliphatic rings. The molecule has 136 valence electrons. The third kappa shape index (κ3) is 3.53. The molecule has 0 aliphatic carbocycles. The molecule has 0 bridgehead atoms. The number of carbonyl (C=O) groups excluding carboxylic acids is 1. The fourth-order valence-corrected chi connectivity index (χ4v) is 3.41. The van der Waals surface area contributed by atoms with E-state index < -0.39 is 5.82 Å². The molecule has 0 spiro atoms. The van der Waals surface area contributed by atoms with Gasteiger partial charge in [0.05, 0.1) is 11.7 Å². The van der Waals surface area contributed by atoms with Crippen molar-refractivity contribution in [3.8, 4) is 5.75 Å². The van der Waals surface area contributed by atoms with Gasteiger partial charge in [0.2, 0.25) is 0 Å². The van der Waals surface area contributed by atoms with Gasteiger partial charge in [-0.25, -0.2) is 14.4 Å². The molecule has 3 heterocycles. The molecule has 1 aromatic heterocycles. The molecule has 1 atom stereocenters. The van der Waals surface area contributed by atoms with Crippen LogP contribution < -0.4 is 10.1 Å². The van der Waals surface area contributed by atoms with E-state index in [0.29, 0.717) is 19.5 Å². The number of amides is 1. The summed E-state index contributed by atoms with van der Waals surface area (Å²) in [5.41, 5.74) is 1.99. The van der Waals surface area contributed by atoms with E-state index in [2.05, 4.69) is 10.3 Å². The van der Waals surface area contributed by atoms with Crippen molar-refractivity contribution < 1.29 is 13.9 Å². The molecule has 1 aromatic carbocycles. The number of aromatic nitrogens is 2. The summed E-state index contributed by atoms with van der Waals surface area (Å²) in [6.45, 7) is 1.88. The molecule has 0 radical (unpaired) electrons. The molecule has 6 nitrogen and oxygen atoms in total. The molecular weight excluding hydrogens is 335 g/mol. The lowest BCUT2D eigenvalue weighted by molar-refractivity contribution is -0.134. The first kappa shape index (κ1) is 16.9. The van der Waals surface area contributed by atoms with Crippen molar-refractivity contribution >= 4 is 5.91 Å². The van der Waals surface area contributed by atoms with Gasteiger partial charge in [-0.2, -0.15) is 0 Å². The first-order valence-electron chi connectivity index (χ1n) is 8.94. The van der Waals surface area contributed by atoms with Crippen molar-refractivity contribution in [1.82, 2.24) is 20.2 Å². The van der Waals surface area contributed by atoms with E-state index >= 15 is 0 Å². The molecule has 0 unspecified atom stereocenters. The topological polar surface area (TPSA) is 67.3 Å². The standard InChI is InChI=1S/C19H21FN4O2/c20-14-4-1-2-6-17(14)26-12-18(25)24-9-7-15-13(11-24)10-22-19(23-15)16-5-3-8-21-16/h1-2,4,6,10,16,21H,3,5,7-9,11-12H2/t16-/m0/s1. The number of hydrogen-bond acceptors (Lipinski definition) is 5. The summed E-state index contributed by atoms with van der Waals surface area (Å²) in [7, 11) is 0. The largest absolute Gasteiger partial charge is 0.481 e. The molecule has 1 fully saturated rings. The van der Waals surface area contributed by atoms with E-state index in [4.69, 9.17) is 9.72 Å². The van der Waals surface area contributed by atoms with Crippen LogP contribution in [0.5, 0.6) is 5.75 Å². The lowest BCUT2D eigenvalue weighted by Crippen LogP contribution is -2.39. The van der Waals surface area contributed by atoms with Gasteiger partial charge in [0.1, 0.15) is 5.82 Å². The molecule has 1 N–H and O–H groups in total. The average molecular weight is 356 g/mol. The minimum atomic E-state index is -0.467. The summed E-state index contributed by atoms with van der Waals surface area (Å²) in [5.74, 6) is 0.311. The molecule has 1 amide bonds. The van der Waals surface area contributed by atoms with Crippen molar-refractivity contribution in [2.24, 2.45) is 0 Å². The minimum absolute atomic E-state index is 0.0929. The third-order valence-corrected chi connectivity index (χ3v) is 4.87. The monoisotopic (exact) mass is 356 g/mol. The van der Waals surface area contributed by atoms with Gasteiger partial charge in [0.25, 0.3) is 5.91 Å². The van der Waals surface area contributed by atoms with Gasteiger partial charge in [-0.05, 0) is 31.5 Å². The molecule has 2 aromatic rings. The zero-order chi connectivity index (χ0) is 17.9. The number of benzene rings is 1. The SMILES string of the molecule is O=C(COc1ccccc1F)N1CCc2nc([C@@H]3CCCN3)ncc2C1. The molecular formula is C19H21FN4O2. The number of nitrogens with zero attached hydrogens (tertiary/aromatic N) is 3. The van der Waals surface area contributed by atoms with Gasteiger partial charge in [0, 0.05) is 31.3 Å². The lowest BCUT2D eigenvalue weighted by Gasteiger charge is -2.28. The summed E-state index contributed by atoms with van der Waals surface area (Å²) < 4.78 is 18.9. The Kier molecular flexibility index (Phi) is 4.79. The molecule has 1 saturated heterocycles. The summed E-state index contributed by atoms with van der Waals surface area (Å²) in [4.78, 5) is 23.3. The van der Waals surface area contributed by atoms with Gasteiger partial charge in [-0.15, -0.1) is 0 Å². The second kappa shape index (κ2) is 7.37. The summed E-state index contributed by atoms with van der Waals surface area (Å²) in [5, 5.41) is 3.41. The number of para-hydroxylation sites is 1. The van der Waals surface area contributed by atoms with Crippen LogP contribution in [0, 0.1) is 5.82 Å². The number of rotatable bonds is 4. The fourth-order valence-electron chi connectivity index (χ4n) is 3.41. The van der Waals surface area contributed by atoms with Crippen LogP contribution in [0.2, 0.25) is 0 Å². The Labute approximate surface area is 151 Å². The predicted molar refractivity (Wildman–Crippen MR) is 93.0 cm³/mol. The van der Waals surface area contributed by atoms with Crippen LogP contribution in [-0.4, -0.2) is 40.5 Å². The predicted octanol–water partition coefficient (Wildman–Crippen LogP) is 2.00. The number of hydrogen-bond donors (Lipinski definition) is 1. The van der Waals surface area contributed by atoms with E-state index in [1.54, 1.807) is 17.0 Å². The van der Waals surface area contributed by atoms with Crippen molar-refractivity contribution in [2.75, 3.05) is 19.7 Å². The Hall–Kier alpha value is -2.54. The first-order chi connectivity index (χ1) is 12.7. The van der Waals surface area contributed by atoms with Crippen LogP contribution in [-0.2, 0) is 17.8 Å². The van der Waals surface area contributed by atoms with Gasteiger partial charge in [-0.3, -0.25) is 4.79 Å². The molecule has 0 saturated carbocycles. The number of carbonyl (C=O) groups is 1. The van der Waals surface area contributed by atoms with Crippen molar-refractivity contribution in [2.45, 2.75) is 31.8 Å². The van der Waals surface area contributed by atoms with Crippen molar-refractivity contribution in [3.05, 3.63) is 53.4 Å². The molecule has 2 aliphatic heterocycles. The molecule has 26 heavy (non-hydrogen) atoms. The minimum Gasteiger partial charge on any atom is -0.481 e. The maximum atomic E-state index is 13.6. The van der Waals surface area contributed by atoms with Gasteiger partial charge in [0.15, 0.2) is 18.2 Å². The van der Waals surface area contributed by atoms with Gasteiger partial charge in [-0.1, -0.05) is 12.1 Å². The Morgan fingerprint density at radius 2 is 2.27 bits per heavy atom. The van der Waals surface area contributed by atoms with E-state index in [1.807, 2.05) is 6.20 Å². The highest BCUT2D eigenvalue weighted by Crippen LogP contribution is 2.23. The third-order valence-electron chi connectivity index (χ3n) is 4.87. The quantitative estimate of drug-likeness (QED) is 0.908. The van der Waals surface area contributed by atoms with E-state index in [1.165, 1.54) is 12.1 Å². The van der Waals surface area contributed by atoms with Crippen LogP contribution in [0.25, 0.3) is 0 Å². The number of fused-ring (bicyclic) bond motifs is 1. The smallest absolute Gasteiger partial charge is 0.260 e. The fraction of sp³-hybridized carbons (Fsp3) is 0.421. The maximum absolute atomic E-state index is 13.6. The van der Waals surface area contributed by atoms with Gasteiger partial charge >= 0.3 is 0 Å². The normalized spacial score (nSPS) is 19.3. The molecule has 4 rings (SSSR count). The molecule has 7 heteroatoms. The van der Waals surface area contributed by atoms with Crippen LogP contribution in [0.3, 0.4) is 0 Å². The van der Waals surface area contributed by atoms with Crippen LogP contribution in [0.1, 0.15) is 36.0 Å². The Bertz CT molecular complexity index is 808. The summed E-state index contributed by atoms with van der Waals surface area (Å²) in [6, 6.07) is 6.33. The van der Waals surface area contributed by atoms with Gasteiger partial charge < -0.3 is 15.0 Å². The van der Waals surface area contributed by atoms with Crippen LogP contribution >= 0.6 is 0 Å². The first-order valence-corrected chi connectivity index (χ1v) is 8.94. The zero-order valence-corrected chi connectivity index (χ0v) is 14.4.